The average Bonchev–Trinajstić information content (AvgIpc) is 2.97. The van der Waals surface area contributed by atoms with Crippen LogP contribution in [0.1, 0.15) is 18.5 Å². The van der Waals surface area contributed by atoms with Crippen LogP contribution < -0.4 is 0 Å². The lowest BCUT2D eigenvalue weighted by Gasteiger charge is -2.29. The molecule has 0 aliphatic carbocycles. The number of piperidine rings is 1. The monoisotopic (exact) mass is 340 g/mol. The average molecular weight is 341 g/mol. The molecule has 23 heavy (non-hydrogen) atoms. The second-order valence-electron chi connectivity index (χ2n) is 5.54. The highest BCUT2D eigenvalue weighted by atomic mass is 35.5. The van der Waals surface area contributed by atoms with Gasteiger partial charge in [0.25, 0.3) is 0 Å². The molecule has 0 saturated carbocycles. The van der Waals surface area contributed by atoms with E-state index in [1.165, 1.54) is 12.1 Å². The van der Waals surface area contributed by atoms with Crippen molar-refractivity contribution >= 4 is 18.4 Å². The van der Waals surface area contributed by atoms with Gasteiger partial charge in [-0.25, -0.2) is 9.37 Å². The summed E-state index contributed by atoms with van der Waals surface area (Å²) in [5, 5.41) is 8.99. The zero-order valence-corrected chi connectivity index (χ0v) is 13.3. The van der Waals surface area contributed by atoms with Gasteiger partial charge in [0, 0.05) is 12.1 Å². The van der Waals surface area contributed by atoms with Gasteiger partial charge in [-0.15, -0.1) is 12.4 Å². The van der Waals surface area contributed by atoms with Crippen LogP contribution in [0.5, 0.6) is 0 Å². The molecule has 7 heteroatoms. The number of nitrogens with zero attached hydrogens (tertiary/aromatic N) is 2. The molecule has 2 heterocycles. The molecule has 5 nitrogen and oxygen atoms in total. The van der Waals surface area contributed by atoms with E-state index < -0.39 is 5.97 Å². The minimum absolute atomic E-state index is 0. The third kappa shape index (κ3) is 4.30. The predicted molar refractivity (Wildman–Crippen MR) is 84.8 cm³/mol. The minimum atomic E-state index is -0.709. The number of carboxylic acid groups (broad SMARTS) is 1. The quantitative estimate of drug-likeness (QED) is 0.925. The third-order valence-electron chi connectivity index (χ3n) is 3.97. The number of hydrogen-bond acceptors (Lipinski definition) is 4. The first-order chi connectivity index (χ1) is 10.6. The molecule has 1 saturated heterocycles. The zero-order chi connectivity index (χ0) is 15.5. The zero-order valence-electron chi connectivity index (χ0n) is 12.4. The van der Waals surface area contributed by atoms with E-state index in [-0.39, 0.29) is 24.1 Å². The first-order valence-corrected chi connectivity index (χ1v) is 7.27. The van der Waals surface area contributed by atoms with E-state index in [9.17, 15) is 9.18 Å². The summed E-state index contributed by atoms with van der Waals surface area (Å²) in [7, 11) is 0. The number of hydrogen-bond donors (Lipinski definition) is 1. The van der Waals surface area contributed by atoms with Gasteiger partial charge in [-0.1, -0.05) is 0 Å². The Morgan fingerprint density at radius 2 is 1.96 bits per heavy atom. The molecule has 0 unspecified atom stereocenters. The van der Waals surface area contributed by atoms with E-state index in [1.807, 2.05) is 0 Å². The van der Waals surface area contributed by atoms with Crippen molar-refractivity contribution in [3.05, 3.63) is 42.0 Å². The largest absolute Gasteiger partial charge is 0.481 e. The van der Waals surface area contributed by atoms with Crippen LogP contribution in [-0.2, 0) is 11.3 Å². The highest BCUT2D eigenvalue weighted by Gasteiger charge is 2.24. The summed E-state index contributed by atoms with van der Waals surface area (Å²) in [6.07, 6.45) is 2.93. The lowest BCUT2D eigenvalue weighted by Crippen LogP contribution is -2.35. The van der Waals surface area contributed by atoms with Crippen LogP contribution in [0, 0.1) is 11.7 Å². The summed E-state index contributed by atoms with van der Waals surface area (Å²) >= 11 is 0. The maximum Gasteiger partial charge on any atom is 0.306 e. The maximum absolute atomic E-state index is 12.9. The molecule has 3 rings (SSSR count). The van der Waals surface area contributed by atoms with Crippen LogP contribution in [0.25, 0.3) is 11.5 Å². The molecule has 1 aliphatic heterocycles. The lowest BCUT2D eigenvalue weighted by molar-refractivity contribution is -0.143. The molecule has 124 valence electrons. The second kappa shape index (κ2) is 7.57. The number of likely N-dealkylation sites (tertiary alicyclic amines) is 1. The fourth-order valence-electron chi connectivity index (χ4n) is 2.67. The number of oxazole rings is 1. The van der Waals surface area contributed by atoms with Crippen molar-refractivity contribution in [3.63, 3.8) is 0 Å². The normalized spacial score (nSPS) is 16.0. The van der Waals surface area contributed by atoms with Crippen LogP contribution in [0.2, 0.25) is 0 Å². The summed E-state index contributed by atoms with van der Waals surface area (Å²) in [4.78, 5) is 17.5. The molecule has 1 aliphatic rings. The Morgan fingerprint density at radius 3 is 2.57 bits per heavy atom. The Bertz CT molecular complexity index is 652. The maximum atomic E-state index is 12.9. The number of carbonyl (C=O) groups is 1. The van der Waals surface area contributed by atoms with Crippen molar-refractivity contribution in [2.75, 3.05) is 13.1 Å². The van der Waals surface area contributed by atoms with Crippen LogP contribution in [0.4, 0.5) is 4.39 Å². The van der Waals surface area contributed by atoms with Crippen LogP contribution in [0.3, 0.4) is 0 Å². The molecule has 0 amide bonds. The molecule has 0 radical (unpaired) electrons. The van der Waals surface area contributed by atoms with Gasteiger partial charge in [0.05, 0.1) is 11.6 Å². The summed E-state index contributed by atoms with van der Waals surface area (Å²) in [5.41, 5.74) is 1.53. The highest BCUT2D eigenvalue weighted by molar-refractivity contribution is 5.85. The predicted octanol–water partition coefficient (Wildman–Crippen LogP) is 3.20. The standard InChI is InChI=1S/C16H17FN2O3.ClH/c17-13-3-1-11(2-4-13)15-18-14(10-22-15)9-19-7-5-12(6-8-19)16(20)21;/h1-4,10,12H,5-9H2,(H,20,21);1H. The van der Waals surface area contributed by atoms with Gasteiger partial charge >= 0.3 is 5.97 Å². The number of benzene rings is 1. The van der Waals surface area contributed by atoms with Crippen LogP contribution >= 0.6 is 12.4 Å². The topological polar surface area (TPSA) is 66.6 Å². The number of aromatic nitrogens is 1. The number of carboxylic acids is 1. The summed E-state index contributed by atoms with van der Waals surface area (Å²) in [6, 6.07) is 6.00. The number of aliphatic carboxylic acids is 1. The Morgan fingerprint density at radius 1 is 1.30 bits per heavy atom. The second-order valence-corrected chi connectivity index (χ2v) is 5.54. The van der Waals surface area contributed by atoms with E-state index in [0.29, 0.717) is 25.3 Å². The first kappa shape index (κ1) is 17.4. The SMILES string of the molecule is Cl.O=C(O)C1CCN(Cc2coc(-c3ccc(F)cc3)n2)CC1. The molecular formula is C16H18ClFN2O3. The van der Waals surface area contributed by atoms with E-state index >= 15 is 0 Å². The van der Waals surface area contributed by atoms with E-state index in [4.69, 9.17) is 9.52 Å². The Hall–Kier alpha value is -1.92. The fraction of sp³-hybridized carbons (Fsp3) is 0.375. The van der Waals surface area contributed by atoms with Gasteiger partial charge in [-0.2, -0.15) is 0 Å². The summed E-state index contributed by atoms with van der Waals surface area (Å²) in [5.74, 6) is -0.768. The first-order valence-electron chi connectivity index (χ1n) is 7.27. The van der Waals surface area contributed by atoms with Crippen molar-refractivity contribution in [2.45, 2.75) is 19.4 Å². The van der Waals surface area contributed by atoms with Crippen LogP contribution in [0.15, 0.2) is 34.9 Å². The molecule has 0 spiro atoms. The molecule has 1 aromatic carbocycles. The van der Waals surface area contributed by atoms with Crippen molar-refractivity contribution in [1.29, 1.82) is 0 Å². The Kier molecular flexibility index (Phi) is 5.74. The van der Waals surface area contributed by atoms with Crippen molar-refractivity contribution < 1.29 is 18.7 Å². The molecule has 1 N–H and O–H groups in total. The lowest BCUT2D eigenvalue weighted by atomic mass is 9.97. The molecular weight excluding hydrogens is 323 g/mol. The van der Waals surface area contributed by atoms with Crippen molar-refractivity contribution in [2.24, 2.45) is 5.92 Å². The van der Waals surface area contributed by atoms with Gasteiger partial charge in [0.2, 0.25) is 5.89 Å². The van der Waals surface area contributed by atoms with E-state index in [0.717, 1.165) is 24.3 Å². The molecule has 1 aromatic heterocycles. The van der Waals surface area contributed by atoms with Gasteiger partial charge < -0.3 is 9.52 Å². The fourth-order valence-corrected chi connectivity index (χ4v) is 2.67. The summed E-state index contributed by atoms with van der Waals surface area (Å²) in [6.45, 7) is 2.13. The molecule has 0 atom stereocenters. The number of rotatable bonds is 4. The van der Waals surface area contributed by atoms with Gasteiger partial charge in [0.1, 0.15) is 12.1 Å². The molecule has 1 fully saturated rings. The smallest absolute Gasteiger partial charge is 0.306 e. The van der Waals surface area contributed by atoms with Gasteiger partial charge in [-0.05, 0) is 50.2 Å². The Balaban J connectivity index is 0.00000192. The molecule has 2 aromatic rings. The molecule has 0 bridgehead atoms. The van der Waals surface area contributed by atoms with Gasteiger partial charge in [0.15, 0.2) is 0 Å². The number of halogens is 2. The van der Waals surface area contributed by atoms with Crippen LogP contribution in [-0.4, -0.2) is 34.0 Å². The van der Waals surface area contributed by atoms with Gasteiger partial charge in [-0.3, -0.25) is 9.69 Å². The third-order valence-corrected chi connectivity index (χ3v) is 3.97. The van der Waals surface area contributed by atoms with E-state index in [1.54, 1.807) is 18.4 Å². The minimum Gasteiger partial charge on any atom is -0.481 e. The van der Waals surface area contributed by atoms with E-state index in [2.05, 4.69) is 9.88 Å². The summed E-state index contributed by atoms with van der Waals surface area (Å²) < 4.78 is 18.3. The van der Waals surface area contributed by atoms with Crippen molar-refractivity contribution in [1.82, 2.24) is 9.88 Å². The Labute approximate surface area is 139 Å². The van der Waals surface area contributed by atoms with Crippen molar-refractivity contribution in [3.8, 4) is 11.5 Å². The highest BCUT2D eigenvalue weighted by Crippen LogP contribution is 2.22.